The summed E-state index contributed by atoms with van der Waals surface area (Å²) in [5, 5.41) is -0.0609. The second-order valence-corrected chi connectivity index (χ2v) is 7.80. The van der Waals surface area contributed by atoms with Gasteiger partial charge < -0.3 is 4.74 Å². The van der Waals surface area contributed by atoms with Crippen molar-refractivity contribution in [2.24, 2.45) is 0 Å². The SMILES string of the molecule is COC(=O)C1=Cc2cc(Br)ccc2SC1c1ccc(Br)cc1. The van der Waals surface area contributed by atoms with E-state index < -0.39 is 0 Å². The Hall–Kier alpha value is -1.04. The molecule has 0 aromatic heterocycles. The van der Waals surface area contributed by atoms with Gasteiger partial charge in [0.15, 0.2) is 0 Å². The number of thioether (sulfide) groups is 1. The van der Waals surface area contributed by atoms with E-state index in [0.29, 0.717) is 5.57 Å². The summed E-state index contributed by atoms with van der Waals surface area (Å²) in [6.45, 7) is 0. The van der Waals surface area contributed by atoms with E-state index in [4.69, 9.17) is 4.74 Å². The highest BCUT2D eigenvalue weighted by Gasteiger charge is 2.29. The number of esters is 1. The molecule has 3 rings (SSSR count). The van der Waals surface area contributed by atoms with Gasteiger partial charge in [-0.2, -0.15) is 0 Å². The Morgan fingerprint density at radius 2 is 1.77 bits per heavy atom. The molecular weight excluding hydrogens is 428 g/mol. The molecule has 0 saturated carbocycles. The van der Waals surface area contributed by atoms with Crippen LogP contribution in [0.25, 0.3) is 6.08 Å². The van der Waals surface area contributed by atoms with Crippen molar-refractivity contribution in [2.45, 2.75) is 10.1 Å². The van der Waals surface area contributed by atoms with Crippen LogP contribution in [-0.4, -0.2) is 13.1 Å². The van der Waals surface area contributed by atoms with E-state index in [1.807, 2.05) is 42.5 Å². The fourth-order valence-electron chi connectivity index (χ4n) is 2.34. The van der Waals surface area contributed by atoms with Gasteiger partial charge in [0, 0.05) is 13.8 Å². The van der Waals surface area contributed by atoms with Crippen LogP contribution >= 0.6 is 43.6 Å². The van der Waals surface area contributed by atoms with E-state index in [1.54, 1.807) is 11.8 Å². The number of ether oxygens (including phenoxy) is 1. The van der Waals surface area contributed by atoms with Gasteiger partial charge in [0.05, 0.1) is 17.9 Å². The Bertz CT molecular complexity index is 754. The number of hydrogen-bond donors (Lipinski definition) is 0. The van der Waals surface area contributed by atoms with Crippen LogP contribution in [0.2, 0.25) is 0 Å². The monoisotopic (exact) mass is 438 g/mol. The lowest BCUT2D eigenvalue weighted by Gasteiger charge is -2.24. The largest absolute Gasteiger partial charge is 0.466 e. The minimum Gasteiger partial charge on any atom is -0.466 e. The molecule has 22 heavy (non-hydrogen) atoms. The first-order chi connectivity index (χ1) is 10.6. The van der Waals surface area contributed by atoms with Crippen molar-refractivity contribution in [3.63, 3.8) is 0 Å². The smallest absolute Gasteiger partial charge is 0.335 e. The van der Waals surface area contributed by atoms with Gasteiger partial charge in [0.2, 0.25) is 0 Å². The molecule has 0 amide bonds. The Morgan fingerprint density at radius 3 is 2.45 bits per heavy atom. The minimum atomic E-state index is -0.286. The van der Waals surface area contributed by atoms with E-state index in [1.165, 1.54) is 7.11 Å². The highest BCUT2D eigenvalue weighted by atomic mass is 79.9. The predicted octanol–water partition coefficient (Wildman–Crippen LogP) is 5.62. The fourth-order valence-corrected chi connectivity index (χ4v) is 4.22. The normalized spacial score (nSPS) is 16.7. The lowest BCUT2D eigenvalue weighted by molar-refractivity contribution is -0.136. The van der Waals surface area contributed by atoms with Crippen LogP contribution in [0.15, 0.2) is 61.9 Å². The lowest BCUT2D eigenvalue weighted by atomic mass is 10.0. The summed E-state index contributed by atoms with van der Waals surface area (Å²) in [4.78, 5) is 13.3. The molecule has 1 heterocycles. The number of methoxy groups -OCH3 is 1. The van der Waals surface area contributed by atoms with Crippen molar-refractivity contribution in [3.05, 3.63) is 68.1 Å². The maximum Gasteiger partial charge on any atom is 0.335 e. The van der Waals surface area contributed by atoms with Crippen LogP contribution in [0, 0.1) is 0 Å². The Kier molecular flexibility index (Phi) is 4.76. The molecule has 1 atom stereocenters. The minimum absolute atomic E-state index is 0.0609. The van der Waals surface area contributed by atoms with Crippen molar-refractivity contribution in [1.29, 1.82) is 0 Å². The third-order valence-electron chi connectivity index (χ3n) is 3.40. The summed E-state index contributed by atoms with van der Waals surface area (Å²) in [7, 11) is 1.42. The van der Waals surface area contributed by atoms with E-state index >= 15 is 0 Å². The first-order valence-corrected chi connectivity index (χ1v) is 9.06. The lowest BCUT2D eigenvalue weighted by Crippen LogP contribution is -2.14. The van der Waals surface area contributed by atoms with Crippen LogP contribution in [0.4, 0.5) is 0 Å². The summed E-state index contributed by atoms with van der Waals surface area (Å²) >= 11 is 8.59. The average Bonchev–Trinajstić information content (AvgIpc) is 2.53. The Balaban J connectivity index is 2.08. The number of rotatable bonds is 2. The van der Waals surface area contributed by atoms with Gasteiger partial charge in [-0.3, -0.25) is 0 Å². The highest BCUT2D eigenvalue weighted by Crippen LogP contribution is 2.47. The number of carbonyl (C=O) groups is 1. The second kappa shape index (κ2) is 6.60. The molecule has 0 radical (unpaired) electrons. The number of fused-ring (bicyclic) bond motifs is 1. The van der Waals surface area contributed by atoms with Crippen molar-refractivity contribution in [1.82, 2.24) is 0 Å². The molecule has 0 aliphatic carbocycles. The zero-order valence-electron chi connectivity index (χ0n) is 11.7. The molecule has 0 bridgehead atoms. The molecule has 1 aliphatic heterocycles. The number of halogens is 2. The second-order valence-electron chi connectivity index (χ2n) is 4.82. The maximum absolute atomic E-state index is 12.2. The molecule has 0 fully saturated rings. The average molecular weight is 440 g/mol. The van der Waals surface area contributed by atoms with Gasteiger partial charge in [-0.25, -0.2) is 4.79 Å². The zero-order valence-corrected chi connectivity index (χ0v) is 15.7. The molecule has 0 spiro atoms. The molecule has 0 N–H and O–H groups in total. The third-order valence-corrected chi connectivity index (χ3v) is 5.81. The molecule has 2 nitrogen and oxygen atoms in total. The summed E-state index contributed by atoms with van der Waals surface area (Å²) < 4.78 is 6.98. The van der Waals surface area contributed by atoms with E-state index in [2.05, 4.69) is 37.9 Å². The highest BCUT2D eigenvalue weighted by molar-refractivity contribution is 9.10. The zero-order chi connectivity index (χ0) is 15.7. The van der Waals surface area contributed by atoms with Gasteiger partial charge in [0.1, 0.15) is 0 Å². The molecule has 112 valence electrons. The molecule has 0 saturated heterocycles. The summed E-state index contributed by atoms with van der Waals surface area (Å²) in [6, 6.07) is 14.1. The van der Waals surface area contributed by atoms with E-state index in [-0.39, 0.29) is 11.2 Å². The van der Waals surface area contributed by atoms with Crippen molar-refractivity contribution in [3.8, 4) is 0 Å². The molecule has 2 aromatic rings. The number of hydrogen-bond acceptors (Lipinski definition) is 3. The van der Waals surface area contributed by atoms with Crippen LogP contribution in [-0.2, 0) is 9.53 Å². The van der Waals surface area contributed by atoms with E-state index in [9.17, 15) is 4.79 Å². The van der Waals surface area contributed by atoms with Gasteiger partial charge in [0.25, 0.3) is 0 Å². The van der Waals surface area contributed by atoms with Crippen LogP contribution < -0.4 is 0 Å². The molecular formula is C17H12Br2O2S. The predicted molar refractivity (Wildman–Crippen MR) is 96.9 cm³/mol. The van der Waals surface area contributed by atoms with Gasteiger partial charge in [-0.05, 0) is 47.5 Å². The van der Waals surface area contributed by atoms with Gasteiger partial charge >= 0.3 is 5.97 Å². The van der Waals surface area contributed by atoms with Gasteiger partial charge in [-0.15, -0.1) is 11.8 Å². The van der Waals surface area contributed by atoms with Crippen LogP contribution in [0.3, 0.4) is 0 Å². The summed E-state index contributed by atoms with van der Waals surface area (Å²) in [5.41, 5.74) is 2.78. The Morgan fingerprint density at radius 1 is 1.09 bits per heavy atom. The fraction of sp³-hybridized carbons (Fsp3) is 0.118. The Labute approximate surface area is 150 Å². The maximum atomic E-state index is 12.2. The van der Waals surface area contributed by atoms with Crippen molar-refractivity contribution in [2.75, 3.05) is 7.11 Å². The topological polar surface area (TPSA) is 26.3 Å². The first-order valence-electron chi connectivity index (χ1n) is 6.60. The summed E-state index contributed by atoms with van der Waals surface area (Å²) in [6.07, 6.45) is 1.93. The van der Waals surface area contributed by atoms with Crippen molar-refractivity contribution < 1.29 is 9.53 Å². The number of benzene rings is 2. The standard InChI is InChI=1S/C17H12Br2O2S/c1-21-17(20)14-9-11-8-13(19)6-7-15(11)22-16(14)10-2-4-12(18)5-3-10/h2-9,16H,1H3. The van der Waals surface area contributed by atoms with Crippen LogP contribution in [0.1, 0.15) is 16.4 Å². The molecule has 2 aromatic carbocycles. The molecule has 5 heteroatoms. The quantitative estimate of drug-likeness (QED) is 0.568. The molecule has 1 unspecified atom stereocenters. The van der Waals surface area contributed by atoms with E-state index in [0.717, 1.165) is 25.0 Å². The summed E-state index contributed by atoms with van der Waals surface area (Å²) in [5.74, 6) is -0.286. The van der Waals surface area contributed by atoms with Crippen LogP contribution in [0.5, 0.6) is 0 Å². The molecule has 1 aliphatic rings. The van der Waals surface area contributed by atoms with Gasteiger partial charge in [-0.1, -0.05) is 44.0 Å². The first kappa shape index (κ1) is 15.8. The third kappa shape index (κ3) is 3.16. The number of carbonyl (C=O) groups excluding carboxylic acids is 1. The van der Waals surface area contributed by atoms with Crippen molar-refractivity contribution >= 4 is 55.7 Å².